The molecular weight excluding hydrogens is 441 g/mol. The third-order valence-electron chi connectivity index (χ3n) is 7.34. The van der Waals surface area contributed by atoms with Crippen LogP contribution in [0.4, 0.5) is 4.39 Å². The van der Waals surface area contributed by atoms with E-state index in [0.29, 0.717) is 18.2 Å². The van der Waals surface area contributed by atoms with Gasteiger partial charge in [-0.05, 0) is 42.2 Å². The van der Waals surface area contributed by atoms with Gasteiger partial charge in [-0.3, -0.25) is 9.63 Å². The molecule has 2 N–H and O–H groups in total. The number of amides is 1. The molecule has 3 atom stereocenters. The van der Waals surface area contributed by atoms with E-state index in [1.165, 1.54) is 17.7 Å². The molecule has 4 aromatic rings. The predicted molar refractivity (Wildman–Crippen MR) is 134 cm³/mol. The fourth-order valence-electron chi connectivity index (χ4n) is 5.63. The number of hydrogen-bond donors (Lipinski definition) is 2. The molecule has 0 spiro atoms. The molecule has 1 amide bonds. The number of benzene rings is 3. The zero-order chi connectivity index (χ0) is 23.8. The van der Waals surface area contributed by atoms with E-state index in [1.54, 1.807) is 12.1 Å². The lowest BCUT2D eigenvalue weighted by molar-refractivity contribution is -0.164. The number of para-hydroxylation sites is 1. The second kappa shape index (κ2) is 9.29. The van der Waals surface area contributed by atoms with Gasteiger partial charge in [-0.15, -0.1) is 0 Å². The van der Waals surface area contributed by atoms with Gasteiger partial charge in [0.2, 0.25) is 0 Å². The number of halogens is 1. The van der Waals surface area contributed by atoms with E-state index in [-0.39, 0.29) is 23.7 Å². The molecule has 0 unspecified atom stereocenters. The first-order valence-electron chi connectivity index (χ1n) is 12.3. The zero-order valence-corrected chi connectivity index (χ0v) is 19.4. The van der Waals surface area contributed by atoms with Gasteiger partial charge in [0, 0.05) is 47.9 Å². The van der Waals surface area contributed by atoms with E-state index in [9.17, 15) is 9.18 Å². The Kier molecular flexibility index (Phi) is 5.84. The molecule has 3 aromatic carbocycles. The fraction of sp³-hybridized carbons (Fsp3) is 0.276. The highest BCUT2D eigenvalue weighted by molar-refractivity contribution is 6.09. The van der Waals surface area contributed by atoms with Crippen LogP contribution in [0.2, 0.25) is 0 Å². The number of nitrogens with one attached hydrogen (secondary N) is 2. The number of nitrogens with zero attached hydrogens (tertiary/aromatic N) is 1. The topological polar surface area (TPSA) is 57.4 Å². The molecular formula is C29H28FN3O2. The molecule has 1 saturated heterocycles. The summed E-state index contributed by atoms with van der Waals surface area (Å²) < 4.78 is 13.5. The van der Waals surface area contributed by atoms with Crippen molar-refractivity contribution < 1.29 is 14.0 Å². The third-order valence-corrected chi connectivity index (χ3v) is 7.34. The molecule has 6 rings (SSSR count). The van der Waals surface area contributed by atoms with Gasteiger partial charge < -0.3 is 10.3 Å². The molecule has 1 aliphatic heterocycles. The van der Waals surface area contributed by atoms with Crippen LogP contribution in [0.3, 0.4) is 0 Å². The van der Waals surface area contributed by atoms with Gasteiger partial charge in [0.05, 0.1) is 6.10 Å². The minimum atomic E-state index is -0.298. The first-order valence-corrected chi connectivity index (χ1v) is 12.3. The van der Waals surface area contributed by atoms with Gasteiger partial charge in [-0.25, -0.2) is 4.39 Å². The van der Waals surface area contributed by atoms with Crippen molar-refractivity contribution >= 4 is 16.8 Å². The van der Waals surface area contributed by atoms with Crippen LogP contribution in [-0.2, 0) is 11.4 Å². The minimum absolute atomic E-state index is 0.137. The number of aromatic amines is 1. The highest BCUT2D eigenvalue weighted by Crippen LogP contribution is 2.39. The van der Waals surface area contributed by atoms with Crippen LogP contribution in [0.1, 0.15) is 28.9 Å². The van der Waals surface area contributed by atoms with E-state index in [2.05, 4.69) is 39.6 Å². The molecule has 2 heterocycles. The standard InChI is InChI=1S/C29H28FN3O2/c30-23-14-12-20(13-15-23)26-24-8-4-5-9-25(24)32-27(26)29(34)31-16-21-10-11-22-18-33(35-28(21)22)17-19-6-2-1-3-7-19/h1-9,12-15,21-22,28,32H,10-11,16-18H2,(H,31,34)/t21-,22-,28-/m1/s1. The molecule has 0 bridgehead atoms. The SMILES string of the molecule is O=C(NC[C@H]1CC[C@@H]2CN(Cc3ccccc3)O[C@H]12)c1[nH]c2ccccc2c1-c1ccc(F)cc1. The fourth-order valence-corrected chi connectivity index (χ4v) is 5.63. The molecule has 2 fully saturated rings. The summed E-state index contributed by atoms with van der Waals surface area (Å²) in [4.78, 5) is 23.0. The quantitative estimate of drug-likeness (QED) is 0.390. The number of hydrogen-bond acceptors (Lipinski definition) is 3. The summed E-state index contributed by atoms with van der Waals surface area (Å²) in [5, 5.41) is 6.18. The summed E-state index contributed by atoms with van der Waals surface area (Å²) in [6, 6.07) is 24.5. The number of rotatable bonds is 6. The Morgan fingerprint density at radius 2 is 1.77 bits per heavy atom. The largest absolute Gasteiger partial charge is 0.350 e. The first kappa shape index (κ1) is 22.0. The van der Waals surface area contributed by atoms with Gasteiger partial charge in [-0.1, -0.05) is 60.7 Å². The Labute approximate surface area is 203 Å². The van der Waals surface area contributed by atoms with Crippen molar-refractivity contribution in [3.63, 3.8) is 0 Å². The van der Waals surface area contributed by atoms with Gasteiger partial charge >= 0.3 is 0 Å². The normalized spacial score (nSPS) is 21.9. The summed E-state index contributed by atoms with van der Waals surface area (Å²) in [7, 11) is 0. The summed E-state index contributed by atoms with van der Waals surface area (Å²) in [6.45, 7) is 2.28. The van der Waals surface area contributed by atoms with Crippen molar-refractivity contribution in [1.82, 2.24) is 15.4 Å². The lowest BCUT2D eigenvalue weighted by Gasteiger charge is -2.21. The highest BCUT2D eigenvalue weighted by atomic mass is 19.1. The Balaban J connectivity index is 1.16. The lowest BCUT2D eigenvalue weighted by atomic mass is 10.0. The Hall–Kier alpha value is -3.48. The van der Waals surface area contributed by atoms with E-state index < -0.39 is 0 Å². The third kappa shape index (κ3) is 4.35. The molecule has 1 aliphatic carbocycles. The maximum absolute atomic E-state index is 13.5. The smallest absolute Gasteiger partial charge is 0.268 e. The molecule has 1 saturated carbocycles. The van der Waals surface area contributed by atoms with Crippen LogP contribution in [0.25, 0.3) is 22.0 Å². The van der Waals surface area contributed by atoms with Crippen molar-refractivity contribution in [2.45, 2.75) is 25.5 Å². The molecule has 6 heteroatoms. The summed E-state index contributed by atoms with van der Waals surface area (Å²) >= 11 is 0. The average molecular weight is 470 g/mol. The van der Waals surface area contributed by atoms with Gasteiger partial charge in [0.15, 0.2) is 0 Å². The van der Waals surface area contributed by atoms with E-state index in [4.69, 9.17) is 4.84 Å². The summed E-state index contributed by atoms with van der Waals surface area (Å²) in [5.74, 6) is 0.336. The first-order chi connectivity index (χ1) is 17.2. The van der Waals surface area contributed by atoms with Gasteiger partial charge in [-0.2, -0.15) is 5.06 Å². The molecule has 1 aromatic heterocycles. The maximum Gasteiger partial charge on any atom is 0.268 e. The van der Waals surface area contributed by atoms with Crippen LogP contribution in [0.5, 0.6) is 0 Å². The van der Waals surface area contributed by atoms with Gasteiger partial charge in [0.25, 0.3) is 5.91 Å². The summed E-state index contributed by atoms with van der Waals surface area (Å²) in [5.41, 5.74) is 4.24. The molecule has 0 radical (unpaired) electrons. The van der Waals surface area contributed by atoms with E-state index >= 15 is 0 Å². The van der Waals surface area contributed by atoms with Crippen molar-refractivity contribution in [2.75, 3.05) is 13.1 Å². The van der Waals surface area contributed by atoms with Crippen molar-refractivity contribution in [1.29, 1.82) is 0 Å². The van der Waals surface area contributed by atoms with Crippen LogP contribution >= 0.6 is 0 Å². The van der Waals surface area contributed by atoms with Crippen LogP contribution in [-0.4, -0.2) is 35.1 Å². The Morgan fingerprint density at radius 3 is 2.60 bits per heavy atom. The monoisotopic (exact) mass is 469 g/mol. The van der Waals surface area contributed by atoms with E-state index in [1.807, 2.05) is 30.3 Å². The van der Waals surface area contributed by atoms with Crippen molar-refractivity contribution in [3.05, 3.63) is 95.9 Å². The second-order valence-corrected chi connectivity index (χ2v) is 9.61. The molecule has 35 heavy (non-hydrogen) atoms. The highest BCUT2D eigenvalue weighted by Gasteiger charge is 2.44. The van der Waals surface area contributed by atoms with Crippen molar-refractivity contribution in [3.8, 4) is 11.1 Å². The number of fused-ring (bicyclic) bond motifs is 2. The molecule has 178 valence electrons. The number of aromatic nitrogens is 1. The number of H-pyrrole nitrogens is 1. The Morgan fingerprint density at radius 1 is 1.00 bits per heavy atom. The predicted octanol–water partition coefficient (Wildman–Crippen LogP) is 5.55. The van der Waals surface area contributed by atoms with Crippen LogP contribution < -0.4 is 5.32 Å². The van der Waals surface area contributed by atoms with Crippen molar-refractivity contribution in [2.24, 2.45) is 11.8 Å². The summed E-state index contributed by atoms with van der Waals surface area (Å²) in [6.07, 6.45) is 2.30. The number of hydroxylamine groups is 2. The number of carbonyl (C=O) groups excluding carboxylic acids is 1. The molecule has 2 aliphatic rings. The Bertz CT molecular complexity index is 1340. The van der Waals surface area contributed by atoms with E-state index in [0.717, 1.165) is 48.0 Å². The average Bonchev–Trinajstić information content (AvgIpc) is 3.57. The molecule has 5 nitrogen and oxygen atoms in total. The lowest BCUT2D eigenvalue weighted by Crippen LogP contribution is -2.34. The van der Waals surface area contributed by atoms with Gasteiger partial charge in [0.1, 0.15) is 11.5 Å². The second-order valence-electron chi connectivity index (χ2n) is 9.61. The van der Waals surface area contributed by atoms with Crippen LogP contribution in [0.15, 0.2) is 78.9 Å². The van der Waals surface area contributed by atoms with Crippen LogP contribution in [0, 0.1) is 17.7 Å². The maximum atomic E-state index is 13.5. The minimum Gasteiger partial charge on any atom is -0.350 e. The number of carbonyl (C=O) groups is 1. The zero-order valence-electron chi connectivity index (χ0n) is 19.4.